The molecule has 0 radical (unpaired) electrons. The topological polar surface area (TPSA) is 174 Å². The second kappa shape index (κ2) is 16.9. The predicted octanol–water partition coefficient (Wildman–Crippen LogP) is 4.12. The number of rotatable bonds is 16. The molecule has 15 heteroatoms. The van der Waals surface area contributed by atoms with Gasteiger partial charge in [-0.3, -0.25) is 19.2 Å². The standard InChI is InChI=1S/C38H59ClN6O7S/c1-12-14-18-26(30(46)33(48)40-19-13-2)41-32(47)29-28-25(38(28,9)10)21-45(29)34(49)31(37(6,7)8)43-35(50)42-27(36(3,4)5)22-44(11)53(51,52)24-17-15-16-23(39)20-24/h13,15-17,20,25-29,31H,2,12,14,18-19,21-22H2,1,3-11H3,(H,40,48)(H,41,47)(H2,42,43,50)/t25-,26?,27+,28-,29-,31+/m0/s1. The van der Waals surface area contributed by atoms with E-state index in [1.165, 1.54) is 30.2 Å². The lowest BCUT2D eigenvalue weighted by Crippen LogP contribution is -2.62. The number of likely N-dealkylation sites (tertiary alicyclic amines) is 1. The molecule has 1 heterocycles. The number of likely N-dealkylation sites (N-methyl/N-ethyl adjacent to an activating group) is 1. The smallest absolute Gasteiger partial charge is 0.315 e. The Bertz CT molecular complexity index is 1670. The van der Waals surface area contributed by atoms with Gasteiger partial charge in [0.25, 0.3) is 5.91 Å². The number of halogens is 1. The summed E-state index contributed by atoms with van der Waals surface area (Å²) < 4.78 is 27.9. The molecule has 1 saturated heterocycles. The quantitative estimate of drug-likeness (QED) is 0.144. The number of nitrogens with zero attached hydrogens (tertiary/aromatic N) is 2. The number of sulfonamides is 1. The van der Waals surface area contributed by atoms with E-state index in [9.17, 15) is 32.4 Å². The van der Waals surface area contributed by atoms with Gasteiger partial charge in [0.2, 0.25) is 27.6 Å². The van der Waals surface area contributed by atoms with Gasteiger partial charge in [0, 0.05) is 37.7 Å². The minimum absolute atomic E-state index is 0.0189. The Balaban J connectivity index is 1.84. The number of benzene rings is 1. The van der Waals surface area contributed by atoms with Gasteiger partial charge in [-0.25, -0.2) is 13.2 Å². The highest BCUT2D eigenvalue weighted by atomic mass is 35.5. The van der Waals surface area contributed by atoms with E-state index in [4.69, 9.17) is 11.6 Å². The average Bonchev–Trinajstić information content (AvgIpc) is 3.36. The maximum atomic E-state index is 14.5. The van der Waals surface area contributed by atoms with Gasteiger partial charge in [-0.2, -0.15) is 4.31 Å². The van der Waals surface area contributed by atoms with Crippen LogP contribution in [0.25, 0.3) is 0 Å². The Morgan fingerprint density at radius 1 is 1.06 bits per heavy atom. The van der Waals surface area contributed by atoms with Crippen molar-refractivity contribution in [1.29, 1.82) is 0 Å². The summed E-state index contributed by atoms with van der Waals surface area (Å²) in [6.45, 7) is 20.9. The van der Waals surface area contributed by atoms with E-state index in [1.54, 1.807) is 32.9 Å². The van der Waals surface area contributed by atoms with Crippen LogP contribution in [0.3, 0.4) is 0 Å². The van der Waals surface area contributed by atoms with Gasteiger partial charge >= 0.3 is 6.03 Å². The summed E-state index contributed by atoms with van der Waals surface area (Å²) in [6.07, 6.45) is 3.05. The highest BCUT2D eigenvalue weighted by Crippen LogP contribution is 2.65. The van der Waals surface area contributed by atoms with E-state index in [2.05, 4.69) is 27.8 Å². The second-order valence-corrected chi connectivity index (χ2v) is 19.5. The lowest BCUT2D eigenvalue weighted by molar-refractivity contribution is -0.145. The molecule has 1 unspecified atom stereocenters. The molecule has 0 bridgehead atoms. The van der Waals surface area contributed by atoms with E-state index in [0.717, 1.165) is 10.7 Å². The van der Waals surface area contributed by atoms with Crippen LogP contribution in [0.2, 0.25) is 5.02 Å². The summed E-state index contributed by atoms with van der Waals surface area (Å²) >= 11 is 6.06. The number of ketones is 1. The van der Waals surface area contributed by atoms with Crippen LogP contribution in [0.1, 0.15) is 81.6 Å². The Morgan fingerprint density at radius 3 is 2.25 bits per heavy atom. The highest BCUT2D eigenvalue weighted by molar-refractivity contribution is 7.89. The van der Waals surface area contributed by atoms with Crippen molar-refractivity contribution in [2.45, 2.75) is 111 Å². The zero-order valence-corrected chi connectivity index (χ0v) is 34.4. The Hall–Kier alpha value is -3.49. The first kappa shape index (κ1) is 43.9. The van der Waals surface area contributed by atoms with Gasteiger partial charge < -0.3 is 26.2 Å². The van der Waals surface area contributed by atoms with E-state index < -0.39 is 74.6 Å². The summed E-state index contributed by atoms with van der Waals surface area (Å²) in [5.74, 6) is -2.71. The normalized spacial score (nSPS) is 21.1. The van der Waals surface area contributed by atoms with Crippen molar-refractivity contribution in [3.63, 3.8) is 0 Å². The summed E-state index contributed by atoms with van der Waals surface area (Å²) in [5.41, 5.74) is -1.64. The minimum Gasteiger partial charge on any atom is -0.346 e. The maximum Gasteiger partial charge on any atom is 0.315 e. The predicted molar refractivity (Wildman–Crippen MR) is 205 cm³/mol. The molecule has 1 saturated carbocycles. The first-order chi connectivity index (χ1) is 24.4. The van der Waals surface area contributed by atoms with Crippen LogP contribution in [0.4, 0.5) is 4.79 Å². The molecule has 0 spiro atoms. The SMILES string of the molecule is C=CCNC(=O)C(=O)C(CCCC)NC(=O)[C@@H]1[C@@H]2[C@H](CN1C(=O)[C@@H](NC(=O)N[C@H](CN(C)S(=O)(=O)c1cccc(Cl)c1)C(C)(C)C)C(C)(C)C)C2(C)C. The third-order valence-electron chi connectivity index (χ3n) is 10.6. The molecule has 53 heavy (non-hydrogen) atoms. The second-order valence-electron chi connectivity index (χ2n) is 17.0. The van der Waals surface area contributed by atoms with Crippen molar-refractivity contribution >= 4 is 51.2 Å². The van der Waals surface area contributed by atoms with Crippen molar-refractivity contribution in [2.75, 3.05) is 26.7 Å². The van der Waals surface area contributed by atoms with E-state index in [-0.39, 0.29) is 53.2 Å². The lowest BCUT2D eigenvalue weighted by Gasteiger charge is -2.39. The number of Topliss-reactive ketones (excluding diaryl/α,β-unsaturated/α-hetero) is 1. The number of unbranched alkanes of at least 4 members (excludes halogenated alkanes) is 1. The van der Waals surface area contributed by atoms with E-state index in [1.807, 2.05) is 41.5 Å². The molecular formula is C38H59ClN6O7S. The van der Waals surface area contributed by atoms with Gasteiger partial charge in [-0.05, 0) is 52.7 Å². The first-order valence-corrected chi connectivity index (χ1v) is 20.0. The number of nitrogens with one attached hydrogen (secondary N) is 4. The fraction of sp³-hybridized carbons (Fsp3) is 0.658. The molecule has 6 atom stereocenters. The van der Waals surface area contributed by atoms with Crippen LogP contribution in [0.15, 0.2) is 41.8 Å². The van der Waals surface area contributed by atoms with Crippen molar-refractivity contribution in [3.05, 3.63) is 41.9 Å². The number of fused-ring (bicyclic) bond motifs is 1. The summed E-state index contributed by atoms with van der Waals surface area (Å²) in [4.78, 5) is 69.5. The first-order valence-electron chi connectivity index (χ1n) is 18.2. The molecule has 2 aliphatic rings. The number of carbonyl (C=O) groups excluding carboxylic acids is 5. The van der Waals surface area contributed by atoms with Gasteiger partial charge in [-0.1, -0.05) is 98.9 Å². The van der Waals surface area contributed by atoms with E-state index in [0.29, 0.717) is 6.42 Å². The molecule has 2 fully saturated rings. The van der Waals surface area contributed by atoms with Crippen LogP contribution in [-0.2, 0) is 29.2 Å². The van der Waals surface area contributed by atoms with Crippen molar-refractivity contribution in [3.8, 4) is 0 Å². The average molecular weight is 779 g/mol. The molecule has 1 aromatic carbocycles. The van der Waals surface area contributed by atoms with Crippen molar-refractivity contribution in [1.82, 2.24) is 30.5 Å². The van der Waals surface area contributed by atoms with Gasteiger partial charge in [0.15, 0.2) is 0 Å². The van der Waals surface area contributed by atoms with Gasteiger partial charge in [0.1, 0.15) is 12.1 Å². The number of amides is 5. The molecule has 13 nitrogen and oxygen atoms in total. The van der Waals surface area contributed by atoms with E-state index >= 15 is 0 Å². The zero-order chi connectivity index (χ0) is 40.3. The maximum absolute atomic E-state index is 14.5. The molecule has 4 N–H and O–H groups in total. The molecule has 0 aromatic heterocycles. The summed E-state index contributed by atoms with van der Waals surface area (Å²) in [5, 5.41) is 11.3. The van der Waals surface area contributed by atoms with Crippen molar-refractivity contribution < 1.29 is 32.4 Å². The molecular weight excluding hydrogens is 720 g/mol. The fourth-order valence-electron chi connectivity index (χ4n) is 7.00. The number of urea groups is 1. The largest absolute Gasteiger partial charge is 0.346 e. The van der Waals surface area contributed by atoms with Crippen LogP contribution in [0, 0.1) is 28.1 Å². The Morgan fingerprint density at radius 2 is 1.70 bits per heavy atom. The number of piperidine rings is 1. The van der Waals surface area contributed by atoms with Crippen LogP contribution in [-0.4, -0.2) is 98.0 Å². The van der Waals surface area contributed by atoms with Crippen LogP contribution in [0.5, 0.6) is 0 Å². The van der Waals surface area contributed by atoms with Gasteiger partial charge in [0.05, 0.1) is 10.9 Å². The van der Waals surface area contributed by atoms with Crippen molar-refractivity contribution in [2.24, 2.45) is 28.1 Å². The summed E-state index contributed by atoms with van der Waals surface area (Å²) in [6, 6.07) is 1.52. The molecule has 1 aliphatic carbocycles. The van der Waals surface area contributed by atoms with Crippen LogP contribution < -0.4 is 21.3 Å². The minimum atomic E-state index is -3.95. The zero-order valence-electron chi connectivity index (χ0n) is 32.8. The molecule has 3 rings (SSSR count). The monoisotopic (exact) mass is 778 g/mol. The third-order valence-corrected chi connectivity index (χ3v) is 12.6. The molecule has 296 valence electrons. The van der Waals surface area contributed by atoms with Crippen LogP contribution >= 0.6 is 11.6 Å². The number of hydrogen-bond donors (Lipinski definition) is 4. The summed E-state index contributed by atoms with van der Waals surface area (Å²) in [7, 11) is -2.52. The van der Waals surface area contributed by atoms with Gasteiger partial charge in [-0.15, -0.1) is 6.58 Å². The fourth-order valence-corrected chi connectivity index (χ4v) is 8.49. The highest BCUT2D eigenvalue weighted by Gasteiger charge is 2.70. The lowest BCUT2D eigenvalue weighted by atomic mass is 9.85. The molecule has 5 amide bonds. The third kappa shape index (κ3) is 10.4. The Kier molecular flexibility index (Phi) is 14.0. The Labute approximate surface area is 320 Å². The number of carbonyl (C=O) groups is 5. The number of hydrogen-bond acceptors (Lipinski definition) is 7. The molecule has 1 aromatic rings. The molecule has 1 aliphatic heterocycles.